The molecule has 6 nitrogen and oxygen atoms in total. The van der Waals surface area contributed by atoms with Gasteiger partial charge in [0.25, 0.3) is 5.91 Å². The third-order valence-electron chi connectivity index (χ3n) is 3.59. The van der Waals surface area contributed by atoms with Gasteiger partial charge in [-0.05, 0) is 42.5 Å². The third-order valence-corrected chi connectivity index (χ3v) is 3.59. The molecular formula is C19H15N5O. The van der Waals surface area contributed by atoms with Crippen LogP contribution >= 0.6 is 0 Å². The van der Waals surface area contributed by atoms with Crippen molar-refractivity contribution >= 4 is 23.2 Å². The number of aromatic nitrogens is 2. The van der Waals surface area contributed by atoms with Crippen molar-refractivity contribution < 1.29 is 4.79 Å². The van der Waals surface area contributed by atoms with E-state index < -0.39 is 0 Å². The first-order valence-electron chi connectivity index (χ1n) is 7.61. The van der Waals surface area contributed by atoms with E-state index >= 15 is 0 Å². The van der Waals surface area contributed by atoms with Crippen LogP contribution in [0.25, 0.3) is 0 Å². The lowest BCUT2D eigenvalue weighted by molar-refractivity contribution is 0.0988. The molecule has 2 aromatic carbocycles. The molecule has 1 heterocycles. The minimum atomic E-state index is -0.225. The fourth-order valence-corrected chi connectivity index (χ4v) is 2.24. The lowest BCUT2D eigenvalue weighted by Gasteiger charge is -2.17. The molecule has 0 fully saturated rings. The van der Waals surface area contributed by atoms with E-state index in [4.69, 9.17) is 5.26 Å². The minimum Gasteiger partial charge on any atom is -0.324 e. The van der Waals surface area contributed by atoms with E-state index in [1.807, 2.05) is 30.3 Å². The molecule has 6 heteroatoms. The maximum Gasteiger partial charge on any atom is 0.276 e. The molecule has 0 bridgehead atoms. The molecular weight excluding hydrogens is 314 g/mol. The standard InChI is InChI=1S/C19H15N5O/c1-24(16-5-3-2-4-6-16)18(25)17-11-12-21-19(23-17)22-15-9-7-14(13-20)8-10-15/h2-12H,1H3,(H,21,22,23). The molecule has 0 saturated heterocycles. The van der Waals surface area contributed by atoms with Gasteiger partial charge < -0.3 is 10.2 Å². The second kappa shape index (κ2) is 7.23. The van der Waals surface area contributed by atoms with Gasteiger partial charge in [-0.2, -0.15) is 5.26 Å². The van der Waals surface area contributed by atoms with Crippen LogP contribution in [0.1, 0.15) is 16.1 Å². The Hall–Kier alpha value is -3.72. The molecule has 0 radical (unpaired) electrons. The van der Waals surface area contributed by atoms with Gasteiger partial charge in [0.15, 0.2) is 0 Å². The van der Waals surface area contributed by atoms with Crippen LogP contribution in [0, 0.1) is 11.3 Å². The summed E-state index contributed by atoms with van der Waals surface area (Å²) in [5, 5.41) is 11.9. The Morgan fingerprint density at radius 1 is 1.08 bits per heavy atom. The van der Waals surface area contributed by atoms with Crippen molar-refractivity contribution in [2.75, 3.05) is 17.3 Å². The van der Waals surface area contributed by atoms with Crippen LogP contribution in [0.2, 0.25) is 0 Å². The molecule has 25 heavy (non-hydrogen) atoms. The number of carbonyl (C=O) groups excluding carboxylic acids is 1. The molecule has 1 N–H and O–H groups in total. The highest BCUT2D eigenvalue weighted by molar-refractivity contribution is 6.04. The Labute approximate surface area is 145 Å². The summed E-state index contributed by atoms with van der Waals surface area (Å²) in [7, 11) is 1.70. The third kappa shape index (κ3) is 3.79. The van der Waals surface area contributed by atoms with Crippen molar-refractivity contribution in [3.05, 3.63) is 78.1 Å². The zero-order valence-electron chi connectivity index (χ0n) is 13.5. The molecule has 0 aliphatic carbocycles. The number of nitrogens with one attached hydrogen (secondary N) is 1. The van der Waals surface area contributed by atoms with E-state index in [1.54, 1.807) is 37.4 Å². The Kier molecular flexibility index (Phi) is 4.67. The Morgan fingerprint density at radius 2 is 1.80 bits per heavy atom. The van der Waals surface area contributed by atoms with E-state index in [0.29, 0.717) is 11.5 Å². The van der Waals surface area contributed by atoms with Gasteiger partial charge in [-0.1, -0.05) is 18.2 Å². The highest BCUT2D eigenvalue weighted by Crippen LogP contribution is 2.16. The van der Waals surface area contributed by atoms with Gasteiger partial charge in [0.05, 0.1) is 11.6 Å². The number of carbonyl (C=O) groups is 1. The first kappa shape index (κ1) is 16.1. The molecule has 3 aromatic rings. The van der Waals surface area contributed by atoms with Gasteiger partial charge in [-0.15, -0.1) is 0 Å². The number of anilines is 3. The van der Waals surface area contributed by atoms with Crippen LogP contribution in [-0.2, 0) is 0 Å². The number of amides is 1. The van der Waals surface area contributed by atoms with Crippen LogP contribution in [0.3, 0.4) is 0 Å². The minimum absolute atomic E-state index is 0.225. The highest BCUT2D eigenvalue weighted by atomic mass is 16.2. The zero-order valence-corrected chi connectivity index (χ0v) is 13.5. The summed E-state index contributed by atoms with van der Waals surface area (Å²) in [6.45, 7) is 0. The summed E-state index contributed by atoms with van der Waals surface area (Å²) in [6.07, 6.45) is 1.53. The SMILES string of the molecule is CN(C(=O)c1ccnc(Nc2ccc(C#N)cc2)n1)c1ccccc1. The summed E-state index contributed by atoms with van der Waals surface area (Å²) in [4.78, 5) is 22.6. The summed E-state index contributed by atoms with van der Waals surface area (Å²) < 4.78 is 0. The summed E-state index contributed by atoms with van der Waals surface area (Å²) in [5.41, 5.74) is 2.38. The number of para-hydroxylation sites is 1. The Bertz CT molecular complexity index is 917. The van der Waals surface area contributed by atoms with Crippen molar-refractivity contribution in [1.29, 1.82) is 5.26 Å². The van der Waals surface area contributed by atoms with Gasteiger partial charge in [-0.3, -0.25) is 4.79 Å². The fourth-order valence-electron chi connectivity index (χ4n) is 2.24. The smallest absolute Gasteiger partial charge is 0.276 e. The van der Waals surface area contributed by atoms with Crippen molar-refractivity contribution in [2.24, 2.45) is 0 Å². The maximum absolute atomic E-state index is 12.6. The van der Waals surface area contributed by atoms with Crippen LogP contribution in [0.5, 0.6) is 0 Å². The predicted molar refractivity (Wildman–Crippen MR) is 95.6 cm³/mol. The largest absolute Gasteiger partial charge is 0.324 e. The van der Waals surface area contributed by atoms with Crippen LogP contribution in [-0.4, -0.2) is 22.9 Å². The average Bonchev–Trinajstić information content (AvgIpc) is 2.68. The highest BCUT2D eigenvalue weighted by Gasteiger charge is 2.15. The quantitative estimate of drug-likeness (QED) is 0.793. The van der Waals surface area contributed by atoms with Gasteiger partial charge in [0, 0.05) is 24.6 Å². The second-order valence-corrected chi connectivity index (χ2v) is 5.28. The second-order valence-electron chi connectivity index (χ2n) is 5.28. The van der Waals surface area contributed by atoms with Gasteiger partial charge >= 0.3 is 0 Å². The van der Waals surface area contributed by atoms with Gasteiger partial charge in [0.1, 0.15) is 5.69 Å². The van der Waals surface area contributed by atoms with E-state index in [2.05, 4.69) is 21.4 Å². The number of hydrogen-bond donors (Lipinski definition) is 1. The molecule has 1 aromatic heterocycles. The monoisotopic (exact) mass is 329 g/mol. The first-order valence-corrected chi connectivity index (χ1v) is 7.61. The average molecular weight is 329 g/mol. The van der Waals surface area contributed by atoms with E-state index in [9.17, 15) is 4.79 Å². The lowest BCUT2D eigenvalue weighted by atomic mass is 10.2. The number of rotatable bonds is 4. The normalized spacial score (nSPS) is 9.92. The van der Waals surface area contributed by atoms with Crippen molar-refractivity contribution in [3.8, 4) is 6.07 Å². The number of nitrogens with zero attached hydrogens (tertiary/aromatic N) is 4. The lowest BCUT2D eigenvalue weighted by Crippen LogP contribution is -2.27. The van der Waals surface area contributed by atoms with Crippen LogP contribution in [0.15, 0.2) is 66.9 Å². The van der Waals surface area contributed by atoms with Crippen molar-refractivity contribution in [1.82, 2.24) is 9.97 Å². The topological polar surface area (TPSA) is 81.9 Å². The fraction of sp³-hybridized carbons (Fsp3) is 0.0526. The number of nitriles is 1. The van der Waals surface area contributed by atoms with Gasteiger partial charge in [0.2, 0.25) is 5.95 Å². The maximum atomic E-state index is 12.6. The molecule has 0 aliphatic heterocycles. The van der Waals surface area contributed by atoms with Gasteiger partial charge in [-0.25, -0.2) is 9.97 Å². The van der Waals surface area contributed by atoms with E-state index in [-0.39, 0.29) is 11.6 Å². The van der Waals surface area contributed by atoms with E-state index in [0.717, 1.165) is 11.4 Å². The zero-order chi connectivity index (χ0) is 17.6. The summed E-state index contributed by atoms with van der Waals surface area (Å²) >= 11 is 0. The molecule has 0 aliphatic rings. The van der Waals surface area contributed by atoms with Crippen molar-refractivity contribution in [3.63, 3.8) is 0 Å². The molecule has 0 unspecified atom stereocenters. The number of benzene rings is 2. The summed E-state index contributed by atoms with van der Waals surface area (Å²) in [5.74, 6) is 0.0912. The Morgan fingerprint density at radius 3 is 2.48 bits per heavy atom. The van der Waals surface area contributed by atoms with Crippen LogP contribution < -0.4 is 10.2 Å². The van der Waals surface area contributed by atoms with Crippen molar-refractivity contribution in [2.45, 2.75) is 0 Å². The Balaban J connectivity index is 1.78. The van der Waals surface area contributed by atoms with E-state index in [1.165, 1.54) is 11.1 Å². The molecule has 3 rings (SSSR count). The molecule has 1 amide bonds. The molecule has 0 saturated carbocycles. The molecule has 0 atom stereocenters. The number of hydrogen-bond acceptors (Lipinski definition) is 5. The summed E-state index contributed by atoms with van der Waals surface area (Å²) in [6, 6.07) is 19.9. The molecule has 0 spiro atoms. The molecule has 122 valence electrons. The predicted octanol–water partition coefficient (Wildman–Crippen LogP) is 3.37. The first-order chi connectivity index (χ1) is 12.2. The van der Waals surface area contributed by atoms with Crippen LogP contribution in [0.4, 0.5) is 17.3 Å².